The van der Waals surface area contributed by atoms with E-state index < -0.39 is 0 Å². The van der Waals surface area contributed by atoms with Crippen molar-refractivity contribution >= 4 is 5.97 Å². The number of allylic oxidation sites excluding steroid dienone is 2. The molecule has 0 aliphatic heterocycles. The second-order valence-corrected chi connectivity index (χ2v) is 5.25. The highest BCUT2D eigenvalue weighted by Gasteiger charge is 2.02. The summed E-state index contributed by atoms with van der Waals surface area (Å²) >= 11 is 0. The summed E-state index contributed by atoms with van der Waals surface area (Å²) in [6, 6.07) is 0. The third-order valence-electron chi connectivity index (χ3n) is 3.17. The van der Waals surface area contributed by atoms with Crippen molar-refractivity contribution in [2.45, 2.75) is 72.0 Å². The van der Waals surface area contributed by atoms with Crippen LogP contribution in [0.25, 0.3) is 0 Å². The van der Waals surface area contributed by atoms with Gasteiger partial charge in [0.05, 0.1) is 0 Å². The summed E-state index contributed by atoms with van der Waals surface area (Å²) in [7, 11) is 0. The van der Waals surface area contributed by atoms with Crippen molar-refractivity contribution in [1.29, 1.82) is 0 Å². The fourth-order valence-corrected chi connectivity index (χ4v) is 1.97. The maximum Gasteiger partial charge on any atom is 0.306 e. The molecule has 0 radical (unpaired) electrons. The molecule has 0 aromatic heterocycles. The largest absolute Gasteiger partial charge is 0.461 e. The van der Waals surface area contributed by atoms with Crippen LogP contribution in [0.2, 0.25) is 0 Å². The molecule has 0 unspecified atom stereocenters. The summed E-state index contributed by atoms with van der Waals surface area (Å²) in [4.78, 5) is 11.5. The van der Waals surface area contributed by atoms with Crippen molar-refractivity contribution in [3.8, 4) is 0 Å². The van der Waals surface area contributed by atoms with E-state index in [0.717, 1.165) is 38.5 Å². The van der Waals surface area contributed by atoms with E-state index in [9.17, 15) is 4.79 Å². The van der Waals surface area contributed by atoms with Gasteiger partial charge in [-0.25, -0.2) is 0 Å². The van der Waals surface area contributed by atoms with Crippen LogP contribution < -0.4 is 0 Å². The maximum atomic E-state index is 11.5. The molecule has 0 N–H and O–H groups in total. The lowest BCUT2D eigenvalue weighted by molar-refractivity contribution is -0.142. The minimum absolute atomic E-state index is 0.102. The monoisotopic (exact) mass is 326 g/mol. The van der Waals surface area contributed by atoms with Crippen LogP contribution in [0.1, 0.15) is 65.7 Å². The molecule has 134 valence electrons. The molecule has 0 aromatic rings. The van der Waals surface area contributed by atoms with E-state index >= 15 is 0 Å². The van der Waals surface area contributed by atoms with Gasteiger partial charge >= 0.3 is 5.97 Å². The first-order chi connectivity index (χ1) is 11.2. The smallest absolute Gasteiger partial charge is 0.306 e. The van der Waals surface area contributed by atoms with Gasteiger partial charge in [-0.1, -0.05) is 38.0 Å². The maximum absolute atomic E-state index is 11.5. The first-order valence-electron chi connectivity index (χ1n) is 8.95. The Morgan fingerprint density at radius 2 is 1.65 bits per heavy atom. The number of esters is 1. The van der Waals surface area contributed by atoms with Crippen molar-refractivity contribution in [3.63, 3.8) is 0 Å². The lowest BCUT2D eigenvalue weighted by Crippen LogP contribution is -2.14. The Balaban J connectivity index is 3.55. The SMILES string of the molecule is CCC/C=C/COC(=O)CCCCC/C=C\C(OCC)OCC. The average molecular weight is 326 g/mol. The third kappa shape index (κ3) is 15.5. The molecule has 0 amide bonds. The summed E-state index contributed by atoms with van der Waals surface area (Å²) in [6.07, 6.45) is 14.4. The number of hydrogen-bond donors (Lipinski definition) is 0. The molecule has 0 rings (SSSR count). The number of rotatable bonds is 15. The molecule has 0 aliphatic rings. The van der Waals surface area contributed by atoms with E-state index in [4.69, 9.17) is 14.2 Å². The molecule has 0 saturated heterocycles. The van der Waals surface area contributed by atoms with Gasteiger partial charge in [-0.15, -0.1) is 0 Å². The molecule has 0 saturated carbocycles. The van der Waals surface area contributed by atoms with Crippen LogP contribution in [0.15, 0.2) is 24.3 Å². The molecule has 0 aliphatic carbocycles. The summed E-state index contributed by atoms with van der Waals surface area (Å²) in [5.41, 5.74) is 0. The fourth-order valence-electron chi connectivity index (χ4n) is 1.97. The fraction of sp³-hybridized carbons (Fsp3) is 0.737. The Morgan fingerprint density at radius 1 is 0.913 bits per heavy atom. The first-order valence-corrected chi connectivity index (χ1v) is 8.95. The van der Waals surface area contributed by atoms with Gasteiger partial charge < -0.3 is 14.2 Å². The predicted molar refractivity (Wildman–Crippen MR) is 94.3 cm³/mol. The van der Waals surface area contributed by atoms with Gasteiger partial charge in [0.15, 0.2) is 6.29 Å². The minimum Gasteiger partial charge on any atom is -0.461 e. The van der Waals surface area contributed by atoms with E-state index in [1.54, 1.807) is 0 Å². The predicted octanol–water partition coefficient (Wildman–Crippen LogP) is 4.79. The average Bonchev–Trinajstić information content (AvgIpc) is 2.54. The van der Waals surface area contributed by atoms with Crippen LogP contribution in [0.5, 0.6) is 0 Å². The van der Waals surface area contributed by atoms with Crippen LogP contribution in [0, 0.1) is 0 Å². The van der Waals surface area contributed by atoms with Crippen molar-refractivity contribution < 1.29 is 19.0 Å². The minimum atomic E-state index is -0.235. The van der Waals surface area contributed by atoms with Gasteiger partial charge in [0.1, 0.15) is 6.61 Å². The molecule has 4 nitrogen and oxygen atoms in total. The second kappa shape index (κ2) is 17.2. The van der Waals surface area contributed by atoms with E-state index in [1.807, 2.05) is 26.0 Å². The highest BCUT2D eigenvalue weighted by Crippen LogP contribution is 2.06. The number of ether oxygens (including phenoxy) is 3. The zero-order valence-electron chi connectivity index (χ0n) is 15.1. The molecular formula is C19H34O4. The number of carbonyl (C=O) groups is 1. The molecule has 4 heteroatoms. The van der Waals surface area contributed by atoms with Crippen molar-refractivity contribution in [1.82, 2.24) is 0 Å². The summed E-state index contributed by atoms with van der Waals surface area (Å²) in [5, 5.41) is 0. The van der Waals surface area contributed by atoms with Crippen LogP contribution in [-0.4, -0.2) is 32.1 Å². The van der Waals surface area contributed by atoms with Crippen molar-refractivity contribution in [3.05, 3.63) is 24.3 Å². The lowest BCUT2D eigenvalue weighted by Gasteiger charge is -2.12. The van der Waals surface area contributed by atoms with Gasteiger partial charge in [0.25, 0.3) is 0 Å². The Kier molecular flexibility index (Phi) is 16.4. The number of unbranched alkanes of at least 4 members (excludes halogenated alkanes) is 4. The Bertz CT molecular complexity index is 317. The second-order valence-electron chi connectivity index (χ2n) is 5.25. The van der Waals surface area contributed by atoms with Crippen LogP contribution in [0.4, 0.5) is 0 Å². The van der Waals surface area contributed by atoms with Crippen LogP contribution >= 0.6 is 0 Å². The van der Waals surface area contributed by atoms with E-state index in [1.165, 1.54) is 0 Å². The quantitative estimate of drug-likeness (QED) is 0.188. The summed E-state index contributed by atoms with van der Waals surface area (Å²) in [6.45, 7) is 7.73. The van der Waals surface area contributed by atoms with Gasteiger partial charge in [-0.3, -0.25) is 4.79 Å². The highest BCUT2D eigenvalue weighted by molar-refractivity contribution is 5.69. The van der Waals surface area contributed by atoms with Gasteiger partial charge in [0.2, 0.25) is 0 Å². The van der Waals surface area contributed by atoms with Crippen molar-refractivity contribution in [2.24, 2.45) is 0 Å². The molecule has 23 heavy (non-hydrogen) atoms. The standard InChI is InChI=1S/C19H34O4/c1-4-7-8-14-17-23-18(20)15-12-10-9-11-13-16-19(21-5-2)22-6-3/h8,13-14,16,19H,4-7,9-12,15,17H2,1-3H3/b14-8+,16-13-. The third-order valence-corrected chi connectivity index (χ3v) is 3.17. The van der Waals surface area contributed by atoms with Gasteiger partial charge in [-0.2, -0.15) is 0 Å². The molecule has 0 spiro atoms. The number of hydrogen-bond acceptors (Lipinski definition) is 4. The van der Waals surface area contributed by atoms with E-state index in [-0.39, 0.29) is 12.3 Å². The summed E-state index contributed by atoms with van der Waals surface area (Å²) < 4.78 is 16.0. The molecule has 0 fully saturated rings. The van der Waals surface area contributed by atoms with E-state index in [2.05, 4.69) is 19.1 Å². The molecule has 0 atom stereocenters. The van der Waals surface area contributed by atoms with Gasteiger partial charge in [0, 0.05) is 19.6 Å². The molecule has 0 aromatic carbocycles. The first kappa shape index (κ1) is 21.9. The molecule has 0 heterocycles. The zero-order chi connectivity index (χ0) is 17.2. The topological polar surface area (TPSA) is 44.8 Å². The highest BCUT2D eigenvalue weighted by atomic mass is 16.7. The Morgan fingerprint density at radius 3 is 2.30 bits per heavy atom. The number of carbonyl (C=O) groups excluding carboxylic acids is 1. The Hall–Kier alpha value is -1.13. The van der Waals surface area contributed by atoms with Crippen molar-refractivity contribution in [2.75, 3.05) is 19.8 Å². The molecular weight excluding hydrogens is 292 g/mol. The van der Waals surface area contributed by atoms with E-state index in [0.29, 0.717) is 26.2 Å². The lowest BCUT2D eigenvalue weighted by atomic mass is 10.1. The zero-order valence-corrected chi connectivity index (χ0v) is 15.1. The Labute approximate surface area is 141 Å². The summed E-state index contributed by atoms with van der Waals surface area (Å²) in [5.74, 6) is -0.102. The molecule has 0 bridgehead atoms. The normalized spacial score (nSPS) is 11.8. The van der Waals surface area contributed by atoms with Crippen LogP contribution in [0.3, 0.4) is 0 Å². The van der Waals surface area contributed by atoms with Crippen LogP contribution in [-0.2, 0) is 19.0 Å². The van der Waals surface area contributed by atoms with Gasteiger partial charge in [-0.05, 0) is 45.6 Å².